The fraction of sp³-hybridized carbons (Fsp3) is 0.250. The highest BCUT2D eigenvalue weighted by molar-refractivity contribution is 7.86. The SMILES string of the molecule is C[C@H](C(=O)N(C)Cc1ccccc1)[S@@](=O)C/C=C\c1ccccc1. The van der Waals surface area contributed by atoms with Crippen LogP contribution in [0.4, 0.5) is 0 Å². The highest BCUT2D eigenvalue weighted by Gasteiger charge is 2.22. The zero-order chi connectivity index (χ0) is 17.4. The summed E-state index contributed by atoms with van der Waals surface area (Å²) >= 11 is 0. The van der Waals surface area contributed by atoms with E-state index >= 15 is 0 Å². The van der Waals surface area contributed by atoms with Crippen LogP contribution in [0.15, 0.2) is 66.7 Å². The van der Waals surface area contributed by atoms with Crippen LogP contribution in [-0.2, 0) is 22.1 Å². The molecule has 0 unspecified atom stereocenters. The molecule has 0 spiro atoms. The van der Waals surface area contributed by atoms with Crippen LogP contribution in [0.2, 0.25) is 0 Å². The van der Waals surface area contributed by atoms with E-state index in [0.717, 1.165) is 11.1 Å². The van der Waals surface area contributed by atoms with Crippen LogP contribution in [-0.4, -0.2) is 33.1 Å². The first-order valence-corrected chi connectivity index (χ1v) is 9.34. The summed E-state index contributed by atoms with van der Waals surface area (Å²) in [6, 6.07) is 19.7. The van der Waals surface area contributed by atoms with Gasteiger partial charge in [0.05, 0.1) is 0 Å². The first-order chi connectivity index (χ1) is 11.6. The number of rotatable bonds is 7. The van der Waals surface area contributed by atoms with Gasteiger partial charge in [-0.15, -0.1) is 0 Å². The lowest BCUT2D eigenvalue weighted by Crippen LogP contribution is -2.37. The summed E-state index contributed by atoms with van der Waals surface area (Å²) in [4.78, 5) is 14.1. The van der Waals surface area contributed by atoms with E-state index < -0.39 is 16.0 Å². The maximum Gasteiger partial charge on any atom is 0.238 e. The number of hydrogen-bond donors (Lipinski definition) is 0. The number of nitrogens with zero attached hydrogens (tertiary/aromatic N) is 1. The standard InChI is InChI=1S/C20H23NO2S/c1-17(20(22)21(2)16-19-12-7-4-8-13-19)24(23)15-9-14-18-10-5-3-6-11-18/h3-14,17H,15-16H2,1-2H3/b14-9-/t17-,24+/m1/s1. The Labute approximate surface area is 146 Å². The normalized spacial score (nSPS) is 13.6. The Morgan fingerprint density at radius 2 is 1.67 bits per heavy atom. The molecule has 1 amide bonds. The summed E-state index contributed by atoms with van der Waals surface area (Å²) in [5.74, 6) is 0.284. The maximum absolute atomic E-state index is 12.4. The Balaban J connectivity index is 1.87. The number of benzene rings is 2. The third-order valence-corrected chi connectivity index (χ3v) is 5.26. The van der Waals surface area contributed by atoms with E-state index in [1.54, 1.807) is 18.9 Å². The van der Waals surface area contributed by atoms with Gasteiger partial charge in [-0.2, -0.15) is 0 Å². The summed E-state index contributed by atoms with van der Waals surface area (Å²) in [5.41, 5.74) is 2.13. The number of amides is 1. The summed E-state index contributed by atoms with van der Waals surface area (Å²) in [6.45, 7) is 2.26. The van der Waals surface area contributed by atoms with Crippen LogP contribution in [0, 0.1) is 0 Å². The molecule has 2 rings (SSSR count). The van der Waals surface area contributed by atoms with Crippen LogP contribution in [0.1, 0.15) is 18.1 Å². The Bertz CT molecular complexity index is 698. The number of carbonyl (C=O) groups excluding carboxylic acids is 1. The van der Waals surface area contributed by atoms with Gasteiger partial charge in [0.15, 0.2) is 0 Å². The van der Waals surface area contributed by atoms with E-state index in [1.165, 1.54) is 0 Å². The average molecular weight is 341 g/mol. The summed E-state index contributed by atoms with van der Waals surface area (Å²) in [5, 5.41) is -0.515. The van der Waals surface area contributed by atoms with Gasteiger partial charge in [-0.1, -0.05) is 72.8 Å². The van der Waals surface area contributed by atoms with Crippen LogP contribution in [0.5, 0.6) is 0 Å². The second kappa shape index (κ2) is 9.18. The first-order valence-electron chi connectivity index (χ1n) is 7.95. The van der Waals surface area contributed by atoms with Gasteiger partial charge in [0, 0.05) is 30.1 Å². The molecule has 2 aromatic carbocycles. The molecule has 0 bridgehead atoms. The smallest absolute Gasteiger partial charge is 0.238 e. The molecule has 0 saturated carbocycles. The number of carbonyl (C=O) groups is 1. The van der Waals surface area contributed by atoms with E-state index in [4.69, 9.17) is 0 Å². The molecule has 126 valence electrons. The number of hydrogen-bond acceptors (Lipinski definition) is 2. The van der Waals surface area contributed by atoms with Gasteiger partial charge < -0.3 is 4.90 Å². The van der Waals surface area contributed by atoms with Crippen molar-refractivity contribution < 1.29 is 9.00 Å². The van der Waals surface area contributed by atoms with Gasteiger partial charge >= 0.3 is 0 Å². The van der Waals surface area contributed by atoms with Crippen molar-refractivity contribution >= 4 is 22.8 Å². The largest absolute Gasteiger partial charge is 0.340 e. The van der Waals surface area contributed by atoms with Crippen molar-refractivity contribution in [2.24, 2.45) is 0 Å². The Hall–Kier alpha value is -2.20. The molecule has 0 fully saturated rings. The predicted octanol–water partition coefficient (Wildman–Crippen LogP) is 3.50. The lowest BCUT2D eigenvalue weighted by Gasteiger charge is -2.21. The van der Waals surface area contributed by atoms with Crippen LogP contribution in [0.3, 0.4) is 0 Å². The summed E-state index contributed by atoms with van der Waals surface area (Å²) < 4.78 is 12.3. The second-order valence-corrected chi connectivity index (χ2v) is 7.48. The molecule has 3 nitrogen and oxygen atoms in total. The fourth-order valence-electron chi connectivity index (χ4n) is 2.35. The van der Waals surface area contributed by atoms with Crippen molar-refractivity contribution in [1.29, 1.82) is 0 Å². The van der Waals surface area contributed by atoms with E-state index in [-0.39, 0.29) is 5.91 Å². The summed E-state index contributed by atoms with van der Waals surface area (Å²) in [6.07, 6.45) is 3.80. The molecule has 0 aliphatic heterocycles. The Morgan fingerprint density at radius 3 is 2.29 bits per heavy atom. The molecule has 0 saturated heterocycles. The van der Waals surface area contributed by atoms with Gasteiger partial charge in [0.1, 0.15) is 5.25 Å². The molecule has 24 heavy (non-hydrogen) atoms. The minimum absolute atomic E-state index is 0.0923. The topological polar surface area (TPSA) is 37.4 Å². The third-order valence-electron chi connectivity index (χ3n) is 3.75. The molecule has 0 N–H and O–H groups in total. The van der Waals surface area contributed by atoms with E-state index in [0.29, 0.717) is 12.3 Å². The van der Waals surface area contributed by atoms with Crippen LogP contribution < -0.4 is 0 Å². The lowest BCUT2D eigenvalue weighted by atomic mass is 10.2. The van der Waals surface area contributed by atoms with Crippen molar-refractivity contribution in [3.05, 3.63) is 77.9 Å². The highest BCUT2D eigenvalue weighted by atomic mass is 32.2. The minimum Gasteiger partial charge on any atom is -0.340 e. The van der Waals surface area contributed by atoms with Gasteiger partial charge in [-0.05, 0) is 18.1 Å². The predicted molar refractivity (Wildman–Crippen MR) is 101 cm³/mol. The van der Waals surface area contributed by atoms with Gasteiger partial charge in [0.25, 0.3) is 0 Å². The monoisotopic (exact) mass is 341 g/mol. The molecule has 0 aromatic heterocycles. The van der Waals surface area contributed by atoms with Crippen LogP contribution in [0.25, 0.3) is 6.08 Å². The van der Waals surface area contributed by atoms with E-state index in [2.05, 4.69) is 0 Å². The van der Waals surface area contributed by atoms with Crippen molar-refractivity contribution in [2.75, 3.05) is 12.8 Å². The zero-order valence-corrected chi connectivity index (χ0v) is 14.9. The highest BCUT2D eigenvalue weighted by Crippen LogP contribution is 2.08. The van der Waals surface area contributed by atoms with Crippen LogP contribution >= 0.6 is 0 Å². The quantitative estimate of drug-likeness (QED) is 0.773. The molecule has 0 heterocycles. The molecule has 0 aliphatic rings. The van der Waals surface area contributed by atoms with Crippen molar-refractivity contribution in [1.82, 2.24) is 4.90 Å². The van der Waals surface area contributed by atoms with Crippen molar-refractivity contribution in [3.8, 4) is 0 Å². The molecule has 4 heteroatoms. The van der Waals surface area contributed by atoms with E-state index in [9.17, 15) is 9.00 Å². The molecule has 2 aromatic rings. The maximum atomic E-state index is 12.4. The molecular weight excluding hydrogens is 318 g/mol. The van der Waals surface area contributed by atoms with Gasteiger partial charge in [0.2, 0.25) is 5.91 Å². The second-order valence-electron chi connectivity index (χ2n) is 5.68. The van der Waals surface area contributed by atoms with E-state index in [1.807, 2.05) is 72.8 Å². The molecule has 0 radical (unpaired) electrons. The minimum atomic E-state index is -1.23. The Kier molecular flexibility index (Phi) is 6.94. The lowest BCUT2D eigenvalue weighted by molar-refractivity contribution is -0.129. The van der Waals surface area contributed by atoms with Gasteiger partial charge in [-0.25, -0.2) is 0 Å². The third kappa shape index (κ3) is 5.46. The average Bonchev–Trinajstić information content (AvgIpc) is 2.62. The summed E-state index contributed by atoms with van der Waals surface area (Å²) in [7, 11) is 0.528. The fourth-order valence-corrected chi connectivity index (χ4v) is 3.32. The van der Waals surface area contributed by atoms with Crippen molar-refractivity contribution in [2.45, 2.75) is 18.7 Å². The Morgan fingerprint density at radius 1 is 1.08 bits per heavy atom. The zero-order valence-electron chi connectivity index (χ0n) is 14.1. The first kappa shape index (κ1) is 18.1. The molecule has 0 aliphatic carbocycles. The molecule has 2 atom stereocenters. The van der Waals surface area contributed by atoms with Gasteiger partial charge in [-0.3, -0.25) is 9.00 Å². The van der Waals surface area contributed by atoms with Crippen molar-refractivity contribution in [3.63, 3.8) is 0 Å². The molecular formula is C20H23NO2S.